The van der Waals surface area contributed by atoms with E-state index in [-0.39, 0.29) is 0 Å². The zero-order valence-electron chi connectivity index (χ0n) is 8.74. The summed E-state index contributed by atoms with van der Waals surface area (Å²) in [5.41, 5.74) is 2.97. The molecular weight excluding hydrogens is 226 g/mol. The second-order valence-corrected chi connectivity index (χ2v) is 4.23. The van der Waals surface area contributed by atoms with Gasteiger partial charge in [0.15, 0.2) is 0 Å². The highest BCUT2D eigenvalue weighted by molar-refractivity contribution is 6.34. The number of hydrogen-bond donors (Lipinski definition) is 1. The van der Waals surface area contributed by atoms with E-state index in [1.54, 1.807) is 6.33 Å². The molecule has 2 heterocycles. The minimum atomic E-state index is 0.759. The van der Waals surface area contributed by atoms with E-state index < -0.39 is 0 Å². The summed E-state index contributed by atoms with van der Waals surface area (Å²) < 4.78 is 5.33. The van der Waals surface area contributed by atoms with Crippen molar-refractivity contribution in [2.45, 2.75) is 0 Å². The number of anilines is 1. The lowest BCUT2D eigenvalue weighted by Crippen LogP contribution is -2.36. The molecule has 0 radical (unpaired) electrons. The van der Waals surface area contributed by atoms with Crippen molar-refractivity contribution in [1.29, 1.82) is 0 Å². The van der Waals surface area contributed by atoms with Crippen molar-refractivity contribution in [3.05, 3.63) is 23.5 Å². The molecule has 16 heavy (non-hydrogen) atoms. The van der Waals surface area contributed by atoms with E-state index in [0.717, 1.165) is 48.0 Å². The van der Waals surface area contributed by atoms with Crippen molar-refractivity contribution in [1.82, 2.24) is 9.97 Å². The van der Waals surface area contributed by atoms with Crippen LogP contribution in [0.4, 0.5) is 5.69 Å². The predicted octanol–water partition coefficient (Wildman–Crippen LogP) is 2.05. The van der Waals surface area contributed by atoms with Gasteiger partial charge < -0.3 is 14.6 Å². The standard InChI is InChI=1S/C11H12ClN3O/c12-8-5-9-10(14-7-13-9)6-11(8)15-1-3-16-4-2-15/h5-7H,1-4H2,(H,13,14). The smallest absolute Gasteiger partial charge is 0.0931 e. The number of ether oxygens (including phenoxy) is 1. The number of nitrogens with one attached hydrogen (secondary N) is 1. The Labute approximate surface area is 98.2 Å². The average Bonchev–Trinajstić information content (AvgIpc) is 2.76. The second-order valence-electron chi connectivity index (χ2n) is 3.82. The van der Waals surface area contributed by atoms with Gasteiger partial charge in [0.25, 0.3) is 0 Å². The minimum absolute atomic E-state index is 0.759. The van der Waals surface area contributed by atoms with Gasteiger partial charge in [-0.05, 0) is 12.1 Å². The van der Waals surface area contributed by atoms with Gasteiger partial charge >= 0.3 is 0 Å². The Morgan fingerprint density at radius 1 is 1.31 bits per heavy atom. The van der Waals surface area contributed by atoms with Crippen LogP contribution in [0.25, 0.3) is 11.0 Å². The first-order valence-corrected chi connectivity index (χ1v) is 5.68. The maximum atomic E-state index is 6.26. The molecule has 0 bridgehead atoms. The van der Waals surface area contributed by atoms with Gasteiger partial charge in [0.2, 0.25) is 0 Å². The number of hydrogen-bond acceptors (Lipinski definition) is 3. The Kier molecular flexibility index (Phi) is 2.46. The van der Waals surface area contributed by atoms with E-state index in [9.17, 15) is 0 Å². The van der Waals surface area contributed by atoms with Gasteiger partial charge in [-0.15, -0.1) is 0 Å². The summed E-state index contributed by atoms with van der Waals surface area (Å²) in [5.74, 6) is 0. The Morgan fingerprint density at radius 3 is 2.94 bits per heavy atom. The summed E-state index contributed by atoms with van der Waals surface area (Å²) in [6.45, 7) is 3.29. The molecule has 5 heteroatoms. The molecule has 1 aliphatic heterocycles. The Balaban J connectivity index is 2.03. The lowest BCUT2D eigenvalue weighted by molar-refractivity contribution is 0.122. The van der Waals surface area contributed by atoms with Crippen molar-refractivity contribution in [2.24, 2.45) is 0 Å². The zero-order valence-corrected chi connectivity index (χ0v) is 9.50. The van der Waals surface area contributed by atoms with E-state index >= 15 is 0 Å². The van der Waals surface area contributed by atoms with Crippen molar-refractivity contribution in [3.63, 3.8) is 0 Å². The molecule has 4 nitrogen and oxygen atoms in total. The molecule has 0 unspecified atom stereocenters. The average molecular weight is 238 g/mol. The van der Waals surface area contributed by atoms with Crippen LogP contribution in [0.1, 0.15) is 0 Å². The van der Waals surface area contributed by atoms with Gasteiger partial charge in [0.1, 0.15) is 0 Å². The van der Waals surface area contributed by atoms with Gasteiger partial charge in [0.05, 0.1) is 41.3 Å². The molecular formula is C11H12ClN3O. The van der Waals surface area contributed by atoms with Crippen molar-refractivity contribution < 1.29 is 4.74 Å². The molecule has 0 aliphatic carbocycles. The Morgan fingerprint density at radius 2 is 2.12 bits per heavy atom. The normalized spacial score (nSPS) is 16.9. The number of halogens is 1. The van der Waals surface area contributed by atoms with E-state index in [2.05, 4.69) is 14.9 Å². The van der Waals surface area contributed by atoms with Crippen LogP contribution in [0, 0.1) is 0 Å². The highest BCUT2D eigenvalue weighted by Crippen LogP contribution is 2.30. The van der Waals surface area contributed by atoms with E-state index in [1.807, 2.05) is 12.1 Å². The van der Waals surface area contributed by atoms with Gasteiger partial charge in [-0.25, -0.2) is 4.98 Å². The van der Waals surface area contributed by atoms with Gasteiger partial charge in [-0.2, -0.15) is 0 Å². The molecule has 1 aromatic carbocycles. The van der Waals surface area contributed by atoms with Crippen LogP contribution in [-0.4, -0.2) is 36.3 Å². The molecule has 84 valence electrons. The van der Waals surface area contributed by atoms with Crippen LogP contribution in [0.2, 0.25) is 5.02 Å². The van der Waals surface area contributed by atoms with Gasteiger partial charge in [-0.3, -0.25) is 0 Å². The SMILES string of the molecule is Clc1cc2[nH]cnc2cc1N1CCOCC1. The highest BCUT2D eigenvalue weighted by atomic mass is 35.5. The van der Waals surface area contributed by atoms with E-state index in [4.69, 9.17) is 16.3 Å². The maximum absolute atomic E-state index is 6.26. The molecule has 3 rings (SSSR count). The van der Waals surface area contributed by atoms with Crippen molar-refractivity contribution in [2.75, 3.05) is 31.2 Å². The lowest BCUT2D eigenvalue weighted by Gasteiger charge is -2.29. The number of H-pyrrole nitrogens is 1. The third-order valence-electron chi connectivity index (χ3n) is 2.84. The molecule has 1 aliphatic rings. The minimum Gasteiger partial charge on any atom is -0.378 e. The summed E-state index contributed by atoms with van der Waals surface area (Å²) in [5, 5.41) is 0.763. The third-order valence-corrected chi connectivity index (χ3v) is 3.14. The summed E-state index contributed by atoms with van der Waals surface area (Å²) in [6.07, 6.45) is 1.68. The first kappa shape index (κ1) is 9.93. The molecule has 1 fully saturated rings. The number of aromatic amines is 1. The summed E-state index contributed by atoms with van der Waals surface area (Å²) in [4.78, 5) is 9.53. The molecule has 1 aromatic heterocycles. The topological polar surface area (TPSA) is 41.2 Å². The zero-order chi connectivity index (χ0) is 11.0. The van der Waals surface area contributed by atoms with E-state index in [0.29, 0.717) is 0 Å². The van der Waals surface area contributed by atoms with Crippen LogP contribution >= 0.6 is 11.6 Å². The number of imidazole rings is 1. The highest BCUT2D eigenvalue weighted by Gasteiger charge is 2.15. The van der Waals surface area contributed by atoms with Gasteiger partial charge in [-0.1, -0.05) is 11.6 Å². The summed E-state index contributed by atoms with van der Waals surface area (Å²) in [6, 6.07) is 3.95. The number of fused-ring (bicyclic) bond motifs is 1. The first-order chi connectivity index (χ1) is 7.84. The Bertz CT molecular complexity index is 505. The first-order valence-electron chi connectivity index (χ1n) is 5.30. The summed E-state index contributed by atoms with van der Waals surface area (Å²) >= 11 is 6.26. The monoisotopic (exact) mass is 237 g/mol. The van der Waals surface area contributed by atoms with Crippen molar-refractivity contribution in [3.8, 4) is 0 Å². The van der Waals surface area contributed by atoms with Crippen LogP contribution in [-0.2, 0) is 4.74 Å². The lowest BCUT2D eigenvalue weighted by atomic mass is 10.2. The number of benzene rings is 1. The molecule has 0 spiro atoms. The number of rotatable bonds is 1. The van der Waals surface area contributed by atoms with E-state index in [1.165, 1.54) is 0 Å². The molecule has 0 atom stereocenters. The van der Waals surface area contributed by atoms with Crippen LogP contribution < -0.4 is 4.90 Å². The predicted molar refractivity (Wildman–Crippen MR) is 64.1 cm³/mol. The van der Waals surface area contributed by atoms with Crippen LogP contribution in [0.3, 0.4) is 0 Å². The fourth-order valence-electron chi connectivity index (χ4n) is 1.99. The molecule has 1 saturated heterocycles. The van der Waals surface area contributed by atoms with Crippen LogP contribution in [0.15, 0.2) is 18.5 Å². The second kappa shape index (κ2) is 3.96. The fraction of sp³-hybridized carbons (Fsp3) is 0.364. The van der Waals surface area contributed by atoms with Crippen LogP contribution in [0.5, 0.6) is 0 Å². The summed E-state index contributed by atoms with van der Waals surface area (Å²) in [7, 11) is 0. The maximum Gasteiger partial charge on any atom is 0.0931 e. The molecule has 2 aromatic rings. The molecule has 0 amide bonds. The fourth-order valence-corrected chi connectivity index (χ4v) is 2.27. The Hall–Kier alpha value is -1.26. The largest absolute Gasteiger partial charge is 0.378 e. The molecule has 1 N–H and O–H groups in total. The molecule has 0 saturated carbocycles. The quantitative estimate of drug-likeness (QED) is 0.826. The number of morpholine rings is 1. The number of nitrogens with zero attached hydrogens (tertiary/aromatic N) is 2. The number of aromatic nitrogens is 2. The third kappa shape index (κ3) is 1.64. The van der Waals surface area contributed by atoms with Gasteiger partial charge in [0, 0.05) is 13.1 Å². The van der Waals surface area contributed by atoms with Crippen molar-refractivity contribution >= 4 is 28.3 Å².